The zero-order chi connectivity index (χ0) is 11.3. The summed E-state index contributed by atoms with van der Waals surface area (Å²) in [7, 11) is 0. The highest BCUT2D eigenvalue weighted by Gasteiger charge is 2.01. The first-order valence-electron chi connectivity index (χ1n) is 4.77. The van der Waals surface area contributed by atoms with Crippen molar-refractivity contribution in [1.82, 2.24) is 10.3 Å². The summed E-state index contributed by atoms with van der Waals surface area (Å²) >= 11 is 3.36. The van der Waals surface area contributed by atoms with Gasteiger partial charge in [-0.3, -0.25) is 4.79 Å². The molecule has 15 heavy (non-hydrogen) atoms. The fraction of sp³-hybridized carbons (Fsp3) is 0.400. The number of aromatic nitrogens is 1. The Kier molecular flexibility index (Phi) is 4.55. The number of anilines is 1. The van der Waals surface area contributed by atoms with Gasteiger partial charge in [-0.1, -0.05) is 0 Å². The molecule has 0 aliphatic rings. The van der Waals surface area contributed by atoms with Crippen molar-refractivity contribution in [3.05, 3.63) is 22.3 Å². The van der Waals surface area contributed by atoms with Gasteiger partial charge in [0.25, 0.3) is 0 Å². The Morgan fingerprint density at radius 1 is 1.53 bits per heavy atom. The van der Waals surface area contributed by atoms with Crippen LogP contribution in [0.25, 0.3) is 0 Å². The van der Waals surface area contributed by atoms with E-state index < -0.39 is 0 Å². The molecule has 0 saturated heterocycles. The van der Waals surface area contributed by atoms with Crippen LogP contribution in [0, 0.1) is 6.92 Å². The van der Waals surface area contributed by atoms with Gasteiger partial charge in [0.1, 0.15) is 5.82 Å². The number of halogens is 1. The predicted molar refractivity (Wildman–Crippen MR) is 63.8 cm³/mol. The van der Waals surface area contributed by atoms with Crippen LogP contribution in [0.3, 0.4) is 0 Å². The molecule has 0 spiro atoms. The Labute approximate surface area is 97.6 Å². The molecule has 4 nitrogen and oxygen atoms in total. The quantitative estimate of drug-likeness (QED) is 0.877. The third-order valence-electron chi connectivity index (χ3n) is 1.83. The molecule has 5 heteroatoms. The average molecular weight is 272 g/mol. The molecule has 1 aromatic heterocycles. The summed E-state index contributed by atoms with van der Waals surface area (Å²) in [5.74, 6) is 0.682. The molecule has 82 valence electrons. The van der Waals surface area contributed by atoms with Gasteiger partial charge in [-0.15, -0.1) is 0 Å². The first kappa shape index (κ1) is 12.0. The van der Waals surface area contributed by atoms with Gasteiger partial charge in [0, 0.05) is 11.0 Å². The number of carbonyl (C=O) groups excluding carboxylic acids is 1. The van der Waals surface area contributed by atoms with Crippen molar-refractivity contribution in [2.45, 2.75) is 13.8 Å². The lowest BCUT2D eigenvalue weighted by atomic mass is 10.3. The van der Waals surface area contributed by atoms with Crippen molar-refractivity contribution >= 4 is 27.7 Å². The van der Waals surface area contributed by atoms with Gasteiger partial charge < -0.3 is 10.6 Å². The van der Waals surface area contributed by atoms with E-state index in [0.29, 0.717) is 12.4 Å². The molecule has 1 aromatic rings. The van der Waals surface area contributed by atoms with Crippen LogP contribution in [0.2, 0.25) is 0 Å². The Morgan fingerprint density at radius 2 is 2.27 bits per heavy atom. The van der Waals surface area contributed by atoms with Crippen molar-refractivity contribution in [3.8, 4) is 0 Å². The minimum absolute atomic E-state index is 0.0279. The number of amides is 1. The summed E-state index contributed by atoms with van der Waals surface area (Å²) in [6.07, 6.45) is 0. The molecule has 0 fully saturated rings. The van der Waals surface area contributed by atoms with Crippen LogP contribution in [0.5, 0.6) is 0 Å². The second kappa shape index (κ2) is 5.70. The number of pyridine rings is 1. The summed E-state index contributed by atoms with van der Waals surface area (Å²) in [4.78, 5) is 15.4. The molecule has 0 unspecified atom stereocenters. The van der Waals surface area contributed by atoms with E-state index in [1.807, 2.05) is 26.0 Å². The van der Waals surface area contributed by atoms with Crippen molar-refractivity contribution in [2.24, 2.45) is 0 Å². The number of hydrogen-bond acceptors (Lipinski definition) is 3. The second-order valence-electron chi connectivity index (χ2n) is 3.07. The van der Waals surface area contributed by atoms with Crippen LogP contribution < -0.4 is 10.6 Å². The number of nitrogens with one attached hydrogen (secondary N) is 2. The van der Waals surface area contributed by atoms with Crippen LogP contribution in [0.4, 0.5) is 5.82 Å². The zero-order valence-electron chi connectivity index (χ0n) is 8.80. The Morgan fingerprint density at radius 3 is 2.87 bits per heavy atom. The Hall–Kier alpha value is -1.10. The van der Waals surface area contributed by atoms with Gasteiger partial charge in [0.2, 0.25) is 5.91 Å². The molecular formula is C10H14BrN3O. The van der Waals surface area contributed by atoms with Crippen LogP contribution in [0.1, 0.15) is 12.6 Å². The molecule has 1 rings (SSSR count). The highest BCUT2D eigenvalue weighted by molar-refractivity contribution is 9.10. The molecule has 0 saturated carbocycles. The van der Waals surface area contributed by atoms with E-state index in [2.05, 4.69) is 31.5 Å². The van der Waals surface area contributed by atoms with Crippen molar-refractivity contribution in [3.63, 3.8) is 0 Å². The van der Waals surface area contributed by atoms with E-state index in [9.17, 15) is 4.79 Å². The van der Waals surface area contributed by atoms with E-state index in [1.165, 1.54) is 0 Å². The van der Waals surface area contributed by atoms with Gasteiger partial charge in [0.15, 0.2) is 0 Å². The maximum Gasteiger partial charge on any atom is 0.239 e. The number of aryl methyl sites for hydroxylation is 1. The molecule has 0 aromatic carbocycles. The van der Waals surface area contributed by atoms with Gasteiger partial charge in [-0.2, -0.15) is 0 Å². The minimum Gasteiger partial charge on any atom is -0.361 e. The van der Waals surface area contributed by atoms with Crippen LogP contribution in [-0.4, -0.2) is 24.0 Å². The van der Waals surface area contributed by atoms with E-state index in [-0.39, 0.29) is 12.5 Å². The van der Waals surface area contributed by atoms with E-state index >= 15 is 0 Å². The second-order valence-corrected chi connectivity index (χ2v) is 3.93. The van der Waals surface area contributed by atoms with Crippen molar-refractivity contribution in [1.29, 1.82) is 0 Å². The highest BCUT2D eigenvalue weighted by atomic mass is 79.9. The molecule has 0 radical (unpaired) electrons. The lowest BCUT2D eigenvalue weighted by molar-refractivity contribution is -0.119. The third-order valence-corrected chi connectivity index (χ3v) is 2.66. The first-order valence-corrected chi connectivity index (χ1v) is 5.56. The fourth-order valence-corrected chi connectivity index (χ4v) is 1.29. The molecule has 2 N–H and O–H groups in total. The Balaban J connectivity index is 2.51. The predicted octanol–water partition coefficient (Wildman–Crippen LogP) is 1.70. The normalized spacial score (nSPS) is 9.80. The number of carbonyl (C=O) groups is 1. The molecule has 0 aliphatic heterocycles. The minimum atomic E-state index is -0.0279. The number of rotatable bonds is 4. The van der Waals surface area contributed by atoms with Gasteiger partial charge in [-0.25, -0.2) is 4.98 Å². The lowest BCUT2D eigenvalue weighted by Crippen LogP contribution is -2.29. The zero-order valence-corrected chi connectivity index (χ0v) is 10.4. The maximum absolute atomic E-state index is 11.2. The first-order chi connectivity index (χ1) is 7.13. The van der Waals surface area contributed by atoms with E-state index in [0.717, 1.165) is 10.2 Å². The number of likely N-dealkylation sites (N-methyl/N-ethyl adjacent to an activating group) is 1. The summed E-state index contributed by atoms with van der Waals surface area (Å²) in [5.41, 5.74) is 0.899. The van der Waals surface area contributed by atoms with Crippen molar-refractivity contribution in [2.75, 3.05) is 18.4 Å². The van der Waals surface area contributed by atoms with Gasteiger partial charge in [-0.05, 0) is 41.9 Å². The molecule has 1 heterocycles. The van der Waals surface area contributed by atoms with Crippen LogP contribution in [0.15, 0.2) is 16.6 Å². The van der Waals surface area contributed by atoms with Crippen molar-refractivity contribution < 1.29 is 4.79 Å². The van der Waals surface area contributed by atoms with E-state index in [4.69, 9.17) is 0 Å². The average Bonchev–Trinajstić information content (AvgIpc) is 2.20. The molecule has 0 atom stereocenters. The van der Waals surface area contributed by atoms with Crippen LogP contribution in [-0.2, 0) is 4.79 Å². The SMILES string of the molecule is CCNC(=O)CNc1ccc(Br)c(C)n1. The van der Waals surface area contributed by atoms with Gasteiger partial charge in [0.05, 0.1) is 12.2 Å². The summed E-state index contributed by atoms with van der Waals surface area (Å²) in [5, 5.41) is 5.66. The number of nitrogens with zero attached hydrogens (tertiary/aromatic N) is 1. The standard InChI is InChI=1S/C10H14BrN3O/c1-3-12-10(15)6-13-9-5-4-8(11)7(2)14-9/h4-5H,3,6H2,1-2H3,(H,12,15)(H,13,14). The van der Waals surface area contributed by atoms with E-state index in [1.54, 1.807) is 0 Å². The van der Waals surface area contributed by atoms with Gasteiger partial charge >= 0.3 is 0 Å². The van der Waals surface area contributed by atoms with Crippen LogP contribution >= 0.6 is 15.9 Å². The summed E-state index contributed by atoms with van der Waals surface area (Å²) in [6.45, 7) is 4.69. The smallest absolute Gasteiger partial charge is 0.239 e. The lowest BCUT2D eigenvalue weighted by Gasteiger charge is -2.06. The molecule has 1 amide bonds. The summed E-state index contributed by atoms with van der Waals surface area (Å²) < 4.78 is 0.964. The highest BCUT2D eigenvalue weighted by Crippen LogP contribution is 2.15. The topological polar surface area (TPSA) is 54.0 Å². The molecular weight excluding hydrogens is 258 g/mol. The fourth-order valence-electron chi connectivity index (χ4n) is 1.07. The Bertz CT molecular complexity index is 355. The largest absolute Gasteiger partial charge is 0.361 e. The molecule has 0 aliphatic carbocycles. The monoisotopic (exact) mass is 271 g/mol. The summed E-state index contributed by atoms with van der Waals surface area (Å²) in [6, 6.07) is 3.73. The molecule has 0 bridgehead atoms. The third kappa shape index (κ3) is 3.87. The number of hydrogen-bond donors (Lipinski definition) is 2. The maximum atomic E-state index is 11.2.